The highest BCUT2D eigenvalue weighted by molar-refractivity contribution is 7.21. The minimum Gasteiger partial charge on any atom is -0.311 e. The lowest BCUT2D eigenvalue weighted by atomic mass is 9.85. The van der Waals surface area contributed by atoms with Crippen molar-refractivity contribution < 1.29 is 0 Å². The van der Waals surface area contributed by atoms with Crippen molar-refractivity contribution in [2.45, 2.75) is 6.92 Å². The van der Waals surface area contributed by atoms with Crippen molar-refractivity contribution in [2.24, 2.45) is 0 Å². The molecule has 0 saturated heterocycles. The molecule has 0 spiro atoms. The summed E-state index contributed by atoms with van der Waals surface area (Å²) in [5.74, 6) is 0. The van der Waals surface area contributed by atoms with Gasteiger partial charge >= 0.3 is 0 Å². The molecule has 82 heavy (non-hydrogen) atoms. The zero-order chi connectivity index (χ0) is 54.0. The van der Waals surface area contributed by atoms with Gasteiger partial charge in [0.05, 0.1) is 11.0 Å². The summed E-state index contributed by atoms with van der Waals surface area (Å²) in [5, 5.41) is 22.9. The lowest BCUT2D eigenvalue weighted by Crippen LogP contribution is -2.77. The number of nitrogens with zero attached hydrogens (tertiary/aromatic N) is 2. The highest BCUT2D eigenvalue weighted by Gasteiger charge is 2.49. The molecule has 2 nitrogen and oxygen atoms in total. The van der Waals surface area contributed by atoms with E-state index in [0.29, 0.717) is 0 Å². The quantitative estimate of drug-likeness (QED) is 0.0915. The van der Waals surface area contributed by atoms with E-state index in [2.05, 4.69) is 314 Å². The Kier molecular flexibility index (Phi) is 10.3. The van der Waals surface area contributed by atoms with Gasteiger partial charge in [-0.25, -0.2) is 0 Å². The smallest absolute Gasteiger partial charge is 0.184 e. The topological polar surface area (TPSA) is 8.17 Å². The van der Waals surface area contributed by atoms with Crippen LogP contribution in [0.2, 0.25) is 0 Å². The van der Waals surface area contributed by atoms with Crippen LogP contribution in [0, 0.1) is 6.92 Å². The van der Waals surface area contributed by atoms with Gasteiger partial charge in [-0.15, -0.1) is 0 Å². The lowest BCUT2D eigenvalue weighted by Gasteiger charge is -2.45. The van der Waals surface area contributed by atoms with Crippen LogP contribution in [0.25, 0.3) is 114 Å². The van der Waals surface area contributed by atoms with E-state index in [4.69, 9.17) is 0 Å². The molecule has 15 aromatic carbocycles. The second-order valence-electron chi connectivity index (χ2n) is 22.4. The zero-order valence-corrected chi connectivity index (χ0v) is 46.2. The Bertz CT molecular complexity index is 5230. The van der Waals surface area contributed by atoms with Crippen molar-refractivity contribution in [3.8, 4) is 27.9 Å². The van der Waals surface area contributed by atoms with E-state index in [1.165, 1.54) is 146 Å². The molecule has 0 radical (unpaired) electrons. The van der Waals surface area contributed by atoms with Gasteiger partial charge in [0, 0.05) is 33.5 Å². The molecule has 0 fully saturated rings. The van der Waals surface area contributed by atoms with Gasteiger partial charge in [-0.2, -0.15) is 0 Å². The van der Waals surface area contributed by atoms with Gasteiger partial charge in [0.25, 0.3) is 0 Å². The number of anilines is 3. The van der Waals surface area contributed by atoms with Crippen molar-refractivity contribution in [1.29, 1.82) is 0 Å². The van der Waals surface area contributed by atoms with Crippen molar-refractivity contribution in [2.75, 3.05) is 4.90 Å². The number of hydrogen-bond acceptors (Lipinski definition) is 1. The van der Waals surface area contributed by atoms with E-state index in [9.17, 15) is 0 Å². The predicted molar refractivity (Wildman–Crippen MR) is 353 cm³/mol. The molecule has 1 aliphatic heterocycles. The molecule has 16 aromatic rings. The number of para-hydroxylation sites is 1. The summed E-state index contributed by atoms with van der Waals surface area (Å²) in [4.78, 5) is 2.64. The molecule has 0 bridgehead atoms. The Morgan fingerprint density at radius 2 is 0.707 bits per heavy atom. The Morgan fingerprint density at radius 3 is 1.34 bits per heavy atom. The van der Waals surface area contributed by atoms with Crippen LogP contribution >= 0.6 is 0 Å². The van der Waals surface area contributed by atoms with E-state index < -0.39 is 8.07 Å². The van der Waals surface area contributed by atoms with Gasteiger partial charge in [0.15, 0.2) is 8.07 Å². The van der Waals surface area contributed by atoms with Gasteiger partial charge in [-0.3, -0.25) is 0 Å². The van der Waals surface area contributed by atoms with Crippen molar-refractivity contribution >= 4 is 132 Å². The summed E-state index contributed by atoms with van der Waals surface area (Å²) >= 11 is 0. The number of benzene rings is 15. The average molecular weight is 1060 g/mol. The number of fused-ring (bicyclic) bond motifs is 14. The third kappa shape index (κ3) is 6.75. The minimum atomic E-state index is -3.24. The maximum Gasteiger partial charge on any atom is 0.184 e. The fraction of sp³-hybridized carbons (Fsp3) is 0.0127. The maximum atomic E-state index is 2.65. The van der Waals surface area contributed by atoms with Crippen molar-refractivity contribution in [3.63, 3.8) is 0 Å². The van der Waals surface area contributed by atoms with Crippen molar-refractivity contribution in [3.05, 3.63) is 303 Å². The van der Waals surface area contributed by atoms with Gasteiger partial charge in [0.1, 0.15) is 0 Å². The molecule has 1 aliphatic rings. The molecule has 17 rings (SSSR count). The highest BCUT2D eigenvalue weighted by Crippen LogP contribution is 2.49. The molecule has 0 unspecified atom stereocenters. The molecule has 0 atom stereocenters. The molecule has 0 amide bonds. The second-order valence-corrected chi connectivity index (χ2v) is 26.1. The maximum absolute atomic E-state index is 3.24. The Morgan fingerprint density at radius 1 is 0.268 bits per heavy atom. The van der Waals surface area contributed by atoms with Crippen molar-refractivity contribution in [1.82, 2.24) is 4.57 Å². The van der Waals surface area contributed by atoms with Crippen LogP contribution in [0.1, 0.15) is 5.56 Å². The first kappa shape index (κ1) is 46.6. The third-order valence-electron chi connectivity index (χ3n) is 18.0. The number of rotatable bonds is 6. The van der Waals surface area contributed by atoms with Crippen LogP contribution in [0.3, 0.4) is 0 Å². The van der Waals surface area contributed by atoms with Gasteiger partial charge in [-0.1, -0.05) is 248 Å². The number of aromatic nitrogens is 1. The number of aryl methyl sites for hydroxylation is 1. The first-order chi connectivity index (χ1) is 40.6. The molecular weight excluding hydrogens is 1000 g/mol. The predicted octanol–water partition coefficient (Wildman–Crippen LogP) is 18.5. The first-order valence-electron chi connectivity index (χ1n) is 28.6. The third-order valence-corrected chi connectivity index (χ3v) is 22.8. The first-order valence-corrected chi connectivity index (χ1v) is 30.6. The normalized spacial score (nSPS) is 13.0. The van der Waals surface area contributed by atoms with Gasteiger partial charge < -0.3 is 9.47 Å². The molecule has 382 valence electrons. The number of hydrogen-bond donors (Lipinski definition) is 0. The summed E-state index contributed by atoms with van der Waals surface area (Å²) in [5.41, 5.74) is 13.1. The van der Waals surface area contributed by atoms with Crippen LogP contribution in [-0.2, 0) is 0 Å². The van der Waals surface area contributed by atoms with Gasteiger partial charge in [0.2, 0.25) is 0 Å². The average Bonchev–Trinajstić information content (AvgIpc) is 1.27. The standard InChI is InChI=1S/C79H52N2Si/c1-51-39-41-62-66(43-51)60-35-19-20-36-61(60)67-47-69-70-49-77-75(50-73(70)80(72(69)48-68(62)67)56-29-11-4-12-30-56)81(74-44-54-27-17-18-28-55(54)45-76(74)82(77,58-31-13-5-14-32-58)59-33-15-6-16-34-59)57-40-42-65-71(46-57)79(53-25-9-3-10-26-53)64-38-22-21-37-63(64)78(65)52-23-7-2-8-24-52/h2-50H,1H3. The SMILES string of the molecule is Cc1ccc2c(c1)c1ccccc1c1cc3c4cc5c(cc4n(-c4ccccc4)c3cc21)N(c1ccc2c(-c3ccccc3)c3ccccc3c(-c3ccccc3)c2c1)c1cc2ccccc2cc1[Si]5(c1ccccc1)c1ccccc1. The fourth-order valence-corrected chi connectivity index (χ4v) is 19.6. The van der Waals surface area contributed by atoms with Crippen LogP contribution in [-0.4, -0.2) is 12.6 Å². The Labute approximate surface area is 476 Å². The zero-order valence-electron chi connectivity index (χ0n) is 45.2. The molecule has 0 saturated carbocycles. The van der Waals surface area contributed by atoms with Crippen LogP contribution in [0.4, 0.5) is 17.1 Å². The van der Waals surface area contributed by atoms with E-state index in [0.717, 1.165) is 11.4 Å². The largest absolute Gasteiger partial charge is 0.311 e. The highest BCUT2D eigenvalue weighted by atomic mass is 28.3. The van der Waals surface area contributed by atoms with E-state index in [1.54, 1.807) is 0 Å². The van der Waals surface area contributed by atoms with Crippen LogP contribution < -0.4 is 25.6 Å². The molecular formula is C79H52N2Si. The van der Waals surface area contributed by atoms with E-state index in [1.807, 2.05) is 0 Å². The molecule has 0 aliphatic carbocycles. The summed E-state index contributed by atoms with van der Waals surface area (Å²) in [6.45, 7) is 2.21. The second kappa shape index (κ2) is 18.1. The van der Waals surface area contributed by atoms with Crippen LogP contribution in [0.15, 0.2) is 297 Å². The molecule has 0 N–H and O–H groups in total. The minimum absolute atomic E-state index is 1.11. The van der Waals surface area contributed by atoms with Gasteiger partial charge in [-0.05, 0) is 169 Å². The van der Waals surface area contributed by atoms with E-state index >= 15 is 0 Å². The van der Waals surface area contributed by atoms with Crippen LogP contribution in [0.5, 0.6) is 0 Å². The Balaban J connectivity index is 1.07. The van der Waals surface area contributed by atoms with E-state index in [-0.39, 0.29) is 0 Å². The summed E-state index contributed by atoms with van der Waals surface area (Å²) in [6.07, 6.45) is 0. The summed E-state index contributed by atoms with van der Waals surface area (Å²) in [7, 11) is -3.24. The summed E-state index contributed by atoms with van der Waals surface area (Å²) in [6, 6.07) is 113. The molecule has 2 heterocycles. The lowest BCUT2D eigenvalue weighted by molar-refractivity contribution is 1.18. The molecule has 1 aromatic heterocycles. The summed E-state index contributed by atoms with van der Waals surface area (Å²) < 4.78 is 2.55. The molecule has 3 heteroatoms. The fourth-order valence-electron chi connectivity index (χ4n) is 14.5. The monoisotopic (exact) mass is 1060 g/mol. The Hall–Kier alpha value is -10.3.